The van der Waals surface area contributed by atoms with Crippen LogP contribution in [-0.2, 0) is 28.4 Å². The molecule has 1 aromatic heterocycles. The summed E-state index contributed by atoms with van der Waals surface area (Å²) in [6.07, 6.45) is 22.7. The largest absolute Gasteiger partial charge is 0.327 e. The number of carbonyl (C=O) groups excluding carboxylic acids is 1. The zero-order chi connectivity index (χ0) is 23.9. The molecule has 1 unspecified atom stereocenters. The maximum atomic E-state index is 13.1. The normalized spacial score (nSPS) is 19.6. The molecule has 182 valence electrons. The Balaban J connectivity index is 0.000000455. The molecular weight excluding hydrogens is 488 g/mol. The van der Waals surface area contributed by atoms with Gasteiger partial charge in [-0.25, -0.2) is 4.68 Å². The van der Waals surface area contributed by atoms with Crippen molar-refractivity contribution in [1.82, 2.24) is 19.9 Å². The molecule has 0 N–H and O–H groups in total. The number of benzene rings is 2. The monoisotopic (exact) mass is 516 g/mol. The van der Waals surface area contributed by atoms with Crippen LogP contribution in [0.4, 0.5) is 0 Å². The first-order chi connectivity index (χ1) is 17.3. The van der Waals surface area contributed by atoms with Gasteiger partial charge in [0.15, 0.2) is 6.04 Å². The molecule has 3 aliphatic rings. The van der Waals surface area contributed by atoms with Crippen molar-refractivity contribution in [3.63, 3.8) is 0 Å². The van der Waals surface area contributed by atoms with E-state index in [0.29, 0.717) is 6.54 Å². The predicted molar refractivity (Wildman–Crippen MR) is 140 cm³/mol. The predicted octanol–water partition coefficient (Wildman–Crippen LogP) is 5.79. The molecule has 1 aliphatic heterocycles. The molecule has 3 aromatic rings. The fourth-order valence-electron chi connectivity index (χ4n) is 4.35. The van der Waals surface area contributed by atoms with Gasteiger partial charge in [-0.1, -0.05) is 121 Å². The molecule has 0 spiro atoms. The summed E-state index contributed by atoms with van der Waals surface area (Å²) in [4.78, 5) is 15.0. The molecular formula is C30H28FeN4O. The van der Waals surface area contributed by atoms with Crippen molar-refractivity contribution in [3.8, 4) is 0 Å². The Kier molecular flexibility index (Phi) is 8.66. The Labute approximate surface area is 222 Å². The summed E-state index contributed by atoms with van der Waals surface area (Å²) >= 11 is 0. The Morgan fingerprint density at radius 1 is 0.917 bits per heavy atom. The summed E-state index contributed by atoms with van der Waals surface area (Å²) < 4.78 is 1.71. The van der Waals surface area contributed by atoms with Crippen LogP contribution >= 0.6 is 0 Å². The molecule has 2 heterocycles. The first kappa shape index (κ1) is 25.4. The molecule has 0 saturated carbocycles. The van der Waals surface area contributed by atoms with Gasteiger partial charge in [-0.2, -0.15) is 0 Å². The van der Waals surface area contributed by atoms with Gasteiger partial charge in [0.2, 0.25) is 0 Å². The minimum Gasteiger partial charge on any atom is -0.327 e. The topological polar surface area (TPSA) is 51.0 Å². The molecule has 2 atom stereocenters. The standard InChI is InChI=1S/C25H22N4O.C5H6.Fe/c30-25-24(29-18-22(26-27-29)21-13-7-8-14-21)23(16-15-19-9-3-1-4-10-19)28(25)17-20-11-5-2-6-12-20;1-2-4-5-3-1;/h1-7,9-16,18,23-24H,8,17H2;1-4H,5H2;/b16-15+;;/t23-,24?;;/m1../s1. The van der Waals surface area contributed by atoms with E-state index in [2.05, 4.69) is 71.1 Å². The first-order valence-electron chi connectivity index (χ1n) is 12.0. The summed E-state index contributed by atoms with van der Waals surface area (Å²) in [6, 6.07) is 19.8. The fraction of sp³-hybridized carbons (Fsp3) is 0.167. The Bertz CT molecular complexity index is 1290. The van der Waals surface area contributed by atoms with E-state index >= 15 is 0 Å². The summed E-state index contributed by atoms with van der Waals surface area (Å²) in [6.45, 7) is 0.579. The zero-order valence-corrected chi connectivity index (χ0v) is 21.0. The molecule has 36 heavy (non-hydrogen) atoms. The minimum absolute atomic E-state index is 0. The van der Waals surface area contributed by atoms with Crippen molar-refractivity contribution in [3.05, 3.63) is 132 Å². The molecule has 6 heteroatoms. The second-order valence-corrected chi connectivity index (χ2v) is 8.63. The maximum Gasteiger partial charge on any atom is 0.250 e. The Hall–Kier alpha value is -3.73. The summed E-state index contributed by atoms with van der Waals surface area (Å²) in [7, 11) is 0. The molecule has 1 amide bonds. The number of hydrogen-bond acceptors (Lipinski definition) is 3. The molecule has 2 aromatic carbocycles. The van der Waals surface area contributed by atoms with Crippen LogP contribution < -0.4 is 0 Å². The Morgan fingerprint density at radius 3 is 2.28 bits per heavy atom. The number of allylic oxidation sites excluding steroid dienone is 8. The van der Waals surface area contributed by atoms with Crippen molar-refractivity contribution in [1.29, 1.82) is 0 Å². The number of carbonyl (C=O) groups is 1. The van der Waals surface area contributed by atoms with Crippen LogP contribution in [0, 0.1) is 0 Å². The third kappa shape index (κ3) is 5.90. The van der Waals surface area contributed by atoms with Crippen molar-refractivity contribution >= 4 is 17.6 Å². The van der Waals surface area contributed by atoms with Crippen molar-refractivity contribution in [2.24, 2.45) is 0 Å². The van der Waals surface area contributed by atoms with Gasteiger partial charge in [0.25, 0.3) is 5.91 Å². The molecule has 6 rings (SSSR count). The third-order valence-electron chi connectivity index (χ3n) is 6.22. The fourth-order valence-corrected chi connectivity index (χ4v) is 4.35. The number of rotatable bonds is 6. The van der Waals surface area contributed by atoms with Gasteiger partial charge in [-0.3, -0.25) is 4.79 Å². The van der Waals surface area contributed by atoms with Crippen molar-refractivity contribution in [2.75, 3.05) is 0 Å². The van der Waals surface area contributed by atoms with Crippen LogP contribution in [0.5, 0.6) is 0 Å². The van der Waals surface area contributed by atoms with Crippen LogP contribution in [0.1, 0.15) is 35.7 Å². The van der Waals surface area contributed by atoms with E-state index < -0.39 is 0 Å². The summed E-state index contributed by atoms with van der Waals surface area (Å²) in [5, 5.41) is 8.59. The molecule has 2 aliphatic carbocycles. The van der Waals surface area contributed by atoms with Crippen LogP contribution in [0.3, 0.4) is 0 Å². The number of likely N-dealkylation sites (tertiary alicyclic amines) is 1. The second kappa shape index (κ2) is 12.3. The van der Waals surface area contributed by atoms with Gasteiger partial charge in [0.05, 0.1) is 12.2 Å². The van der Waals surface area contributed by atoms with Crippen molar-refractivity contribution in [2.45, 2.75) is 31.5 Å². The van der Waals surface area contributed by atoms with Gasteiger partial charge in [0.1, 0.15) is 5.69 Å². The molecule has 0 radical (unpaired) electrons. The van der Waals surface area contributed by atoms with E-state index in [1.54, 1.807) is 4.68 Å². The molecule has 5 nitrogen and oxygen atoms in total. The molecule has 0 bridgehead atoms. The van der Waals surface area contributed by atoms with Gasteiger partial charge in [0, 0.05) is 23.6 Å². The smallest absolute Gasteiger partial charge is 0.250 e. The minimum atomic E-state index is -0.374. The maximum absolute atomic E-state index is 13.1. The quantitative estimate of drug-likeness (QED) is 0.308. The van der Waals surface area contributed by atoms with Crippen LogP contribution in [-0.4, -0.2) is 31.8 Å². The first-order valence-corrected chi connectivity index (χ1v) is 12.0. The zero-order valence-electron chi connectivity index (χ0n) is 19.9. The van der Waals surface area contributed by atoms with Crippen LogP contribution in [0.15, 0.2) is 115 Å². The van der Waals surface area contributed by atoms with Crippen LogP contribution in [0.2, 0.25) is 0 Å². The average molecular weight is 516 g/mol. The van der Waals surface area contributed by atoms with Gasteiger partial charge in [-0.15, -0.1) is 5.10 Å². The summed E-state index contributed by atoms with van der Waals surface area (Å²) in [5.41, 5.74) is 4.09. The van der Waals surface area contributed by atoms with E-state index in [1.807, 2.05) is 65.7 Å². The van der Waals surface area contributed by atoms with E-state index in [-0.39, 0.29) is 35.1 Å². The Morgan fingerprint density at radius 2 is 1.64 bits per heavy atom. The number of hydrogen-bond donors (Lipinski definition) is 0. The number of nitrogens with zero attached hydrogens (tertiary/aromatic N) is 4. The number of aromatic nitrogens is 3. The third-order valence-corrected chi connectivity index (χ3v) is 6.22. The summed E-state index contributed by atoms with van der Waals surface area (Å²) in [5.74, 6) is 0.0639. The van der Waals surface area contributed by atoms with E-state index in [0.717, 1.165) is 35.2 Å². The van der Waals surface area contributed by atoms with E-state index in [1.165, 1.54) is 0 Å². The van der Waals surface area contributed by atoms with Gasteiger partial charge >= 0.3 is 0 Å². The SMILES string of the molecule is C1=CCC=C1.O=C1C(n2cc(C3=CCC=C3)nn2)[C@@H](/C=C/c2ccccc2)N1Cc1ccccc1.[Fe]. The number of β-lactam (4-membered cyclic amide) rings is 1. The second-order valence-electron chi connectivity index (χ2n) is 8.63. The molecule has 1 saturated heterocycles. The van der Waals surface area contributed by atoms with Gasteiger partial charge < -0.3 is 4.90 Å². The van der Waals surface area contributed by atoms with Crippen molar-refractivity contribution < 1.29 is 21.9 Å². The average Bonchev–Trinajstić information content (AvgIpc) is 3.70. The van der Waals surface area contributed by atoms with E-state index in [4.69, 9.17) is 0 Å². The number of amides is 1. The van der Waals surface area contributed by atoms with E-state index in [9.17, 15) is 4.79 Å². The van der Waals surface area contributed by atoms with Crippen LogP contribution in [0.25, 0.3) is 11.6 Å². The molecule has 1 fully saturated rings. The van der Waals surface area contributed by atoms with Gasteiger partial charge in [-0.05, 0) is 29.5 Å².